The van der Waals surface area contributed by atoms with Gasteiger partial charge >= 0.3 is 0 Å². The maximum absolute atomic E-state index is 12.8. The topological polar surface area (TPSA) is 93.5 Å². The second kappa shape index (κ2) is 9.09. The molecular formula is C23H24N4O4. The predicted molar refractivity (Wildman–Crippen MR) is 116 cm³/mol. The molecule has 2 amide bonds. The molecule has 2 aromatic carbocycles. The quantitative estimate of drug-likeness (QED) is 0.631. The number of nitrogens with one attached hydrogen (secondary N) is 1. The summed E-state index contributed by atoms with van der Waals surface area (Å²) in [7, 11) is 1.57. The van der Waals surface area contributed by atoms with E-state index in [4.69, 9.17) is 4.74 Å². The standard InChI is InChI=1S/C23H24N4O4/c1-31-10-9-26-15-24-20-8-7-18(12-19(20)23(26)30)25-22(29)17-11-21(28)27(14-17)13-16-5-3-2-4-6-16/h2-8,12,15,17H,9-11,13-14H2,1H3,(H,25,29)/t17-/m1/s1. The third-order valence-corrected chi connectivity index (χ3v) is 5.43. The van der Waals surface area contributed by atoms with Gasteiger partial charge in [-0.25, -0.2) is 4.98 Å². The minimum atomic E-state index is -0.431. The largest absolute Gasteiger partial charge is 0.383 e. The number of anilines is 1. The van der Waals surface area contributed by atoms with Crippen molar-refractivity contribution in [3.05, 3.63) is 70.8 Å². The lowest BCUT2D eigenvalue weighted by atomic mass is 10.1. The lowest BCUT2D eigenvalue weighted by Gasteiger charge is -2.16. The molecule has 160 valence electrons. The minimum absolute atomic E-state index is 0.0345. The van der Waals surface area contributed by atoms with Crippen LogP contribution in [0.2, 0.25) is 0 Å². The molecule has 31 heavy (non-hydrogen) atoms. The molecule has 1 aliphatic heterocycles. The maximum atomic E-state index is 12.8. The number of methoxy groups -OCH3 is 1. The van der Waals surface area contributed by atoms with Crippen LogP contribution in [0.3, 0.4) is 0 Å². The number of benzene rings is 2. The highest BCUT2D eigenvalue weighted by molar-refractivity contribution is 5.98. The van der Waals surface area contributed by atoms with E-state index in [1.54, 1.807) is 30.2 Å². The van der Waals surface area contributed by atoms with Gasteiger partial charge in [-0.3, -0.25) is 19.0 Å². The Labute approximate surface area is 179 Å². The molecule has 0 bridgehead atoms. The monoisotopic (exact) mass is 420 g/mol. The van der Waals surface area contributed by atoms with Crippen LogP contribution in [0.15, 0.2) is 59.7 Å². The molecule has 1 aliphatic rings. The van der Waals surface area contributed by atoms with E-state index in [0.29, 0.717) is 42.8 Å². The van der Waals surface area contributed by atoms with Crippen molar-refractivity contribution in [3.8, 4) is 0 Å². The summed E-state index contributed by atoms with van der Waals surface area (Å²) in [4.78, 5) is 43.8. The fraction of sp³-hybridized carbons (Fsp3) is 0.304. The van der Waals surface area contributed by atoms with Gasteiger partial charge in [0.1, 0.15) is 0 Å². The van der Waals surface area contributed by atoms with Crippen LogP contribution in [0.1, 0.15) is 12.0 Å². The molecule has 0 radical (unpaired) electrons. The van der Waals surface area contributed by atoms with Crippen LogP contribution in [0.25, 0.3) is 10.9 Å². The van der Waals surface area contributed by atoms with Crippen LogP contribution < -0.4 is 10.9 Å². The van der Waals surface area contributed by atoms with Crippen molar-refractivity contribution in [3.63, 3.8) is 0 Å². The van der Waals surface area contributed by atoms with Gasteiger partial charge < -0.3 is 15.0 Å². The van der Waals surface area contributed by atoms with Gasteiger partial charge in [0.05, 0.1) is 36.3 Å². The van der Waals surface area contributed by atoms with E-state index in [9.17, 15) is 14.4 Å². The summed E-state index contributed by atoms with van der Waals surface area (Å²) in [5.74, 6) is -0.696. The van der Waals surface area contributed by atoms with Gasteiger partial charge in [-0.2, -0.15) is 0 Å². The molecule has 8 heteroatoms. The van der Waals surface area contributed by atoms with E-state index in [2.05, 4.69) is 10.3 Å². The van der Waals surface area contributed by atoms with Crippen molar-refractivity contribution in [2.75, 3.05) is 25.6 Å². The van der Waals surface area contributed by atoms with E-state index >= 15 is 0 Å². The Kier molecular flexibility index (Phi) is 6.08. The van der Waals surface area contributed by atoms with Crippen molar-refractivity contribution < 1.29 is 14.3 Å². The summed E-state index contributed by atoms with van der Waals surface area (Å²) in [6, 6.07) is 14.8. The summed E-state index contributed by atoms with van der Waals surface area (Å²) < 4.78 is 6.51. The van der Waals surface area contributed by atoms with Crippen molar-refractivity contribution in [2.24, 2.45) is 5.92 Å². The summed E-state index contributed by atoms with van der Waals surface area (Å²) in [6.45, 7) is 1.67. The molecule has 3 aromatic rings. The normalized spacial score (nSPS) is 16.1. The Morgan fingerprint density at radius 3 is 2.77 bits per heavy atom. The number of fused-ring (bicyclic) bond motifs is 1. The number of hydrogen-bond donors (Lipinski definition) is 1. The van der Waals surface area contributed by atoms with Crippen LogP contribution >= 0.6 is 0 Å². The Balaban J connectivity index is 1.46. The minimum Gasteiger partial charge on any atom is -0.383 e. The summed E-state index contributed by atoms with van der Waals surface area (Å²) in [6.07, 6.45) is 1.67. The van der Waals surface area contributed by atoms with Crippen LogP contribution in [-0.2, 0) is 27.4 Å². The molecule has 0 saturated carbocycles. The first kappa shape index (κ1) is 20.7. The number of likely N-dealkylation sites (tertiary alicyclic amines) is 1. The molecule has 1 atom stereocenters. The molecule has 8 nitrogen and oxygen atoms in total. The number of hydrogen-bond acceptors (Lipinski definition) is 5. The number of carbonyl (C=O) groups is 2. The zero-order valence-electron chi connectivity index (χ0n) is 17.3. The lowest BCUT2D eigenvalue weighted by Crippen LogP contribution is -2.28. The zero-order chi connectivity index (χ0) is 21.8. The average Bonchev–Trinajstić information content (AvgIpc) is 3.15. The number of ether oxygens (including phenoxy) is 1. The maximum Gasteiger partial charge on any atom is 0.261 e. The summed E-state index contributed by atoms with van der Waals surface area (Å²) >= 11 is 0. The SMILES string of the molecule is COCCn1cnc2ccc(NC(=O)[C@@H]3CC(=O)N(Cc4ccccc4)C3)cc2c1=O. The highest BCUT2D eigenvalue weighted by atomic mass is 16.5. The van der Waals surface area contributed by atoms with Crippen LogP contribution in [0.4, 0.5) is 5.69 Å². The molecular weight excluding hydrogens is 396 g/mol. The molecule has 0 spiro atoms. The number of carbonyl (C=O) groups excluding carboxylic acids is 2. The van der Waals surface area contributed by atoms with Crippen molar-refractivity contribution >= 4 is 28.4 Å². The van der Waals surface area contributed by atoms with Crippen molar-refractivity contribution in [1.82, 2.24) is 14.5 Å². The smallest absolute Gasteiger partial charge is 0.261 e. The van der Waals surface area contributed by atoms with E-state index in [-0.39, 0.29) is 23.8 Å². The number of nitrogens with zero attached hydrogens (tertiary/aromatic N) is 3. The fourth-order valence-electron chi connectivity index (χ4n) is 3.73. The molecule has 1 fully saturated rings. The Hall–Kier alpha value is -3.52. The Morgan fingerprint density at radius 1 is 1.19 bits per heavy atom. The lowest BCUT2D eigenvalue weighted by molar-refractivity contribution is -0.128. The third-order valence-electron chi connectivity index (χ3n) is 5.43. The predicted octanol–water partition coefficient (Wildman–Crippen LogP) is 2.03. The summed E-state index contributed by atoms with van der Waals surface area (Å²) in [5.41, 5.74) is 1.91. The molecule has 0 aliphatic carbocycles. The van der Waals surface area contributed by atoms with E-state index in [0.717, 1.165) is 5.56 Å². The molecule has 1 N–H and O–H groups in total. The number of amides is 2. The molecule has 4 rings (SSSR count). The second-order valence-electron chi connectivity index (χ2n) is 7.62. The van der Waals surface area contributed by atoms with Gasteiger partial charge in [0.25, 0.3) is 5.56 Å². The first-order valence-electron chi connectivity index (χ1n) is 10.2. The zero-order valence-corrected chi connectivity index (χ0v) is 17.3. The van der Waals surface area contributed by atoms with Crippen molar-refractivity contribution in [1.29, 1.82) is 0 Å². The van der Waals surface area contributed by atoms with Gasteiger partial charge in [-0.1, -0.05) is 30.3 Å². The highest BCUT2D eigenvalue weighted by Crippen LogP contribution is 2.23. The summed E-state index contributed by atoms with van der Waals surface area (Å²) in [5, 5.41) is 3.27. The third kappa shape index (κ3) is 4.64. The number of aromatic nitrogens is 2. The first-order chi connectivity index (χ1) is 15.0. The van der Waals surface area contributed by atoms with E-state index in [1.165, 1.54) is 10.9 Å². The van der Waals surface area contributed by atoms with Gasteiger partial charge in [-0.05, 0) is 23.8 Å². The molecule has 0 unspecified atom stereocenters. The Bertz CT molecular complexity index is 1160. The van der Waals surface area contributed by atoms with Crippen molar-refractivity contribution in [2.45, 2.75) is 19.5 Å². The fourth-order valence-corrected chi connectivity index (χ4v) is 3.73. The van der Waals surface area contributed by atoms with E-state index in [1.807, 2.05) is 30.3 Å². The van der Waals surface area contributed by atoms with Crippen LogP contribution in [0, 0.1) is 5.92 Å². The first-order valence-corrected chi connectivity index (χ1v) is 10.2. The van der Waals surface area contributed by atoms with Crippen LogP contribution in [-0.4, -0.2) is 46.5 Å². The second-order valence-corrected chi connectivity index (χ2v) is 7.62. The Morgan fingerprint density at radius 2 is 2.00 bits per heavy atom. The van der Waals surface area contributed by atoms with Gasteiger partial charge in [0.2, 0.25) is 11.8 Å². The van der Waals surface area contributed by atoms with Gasteiger partial charge in [0, 0.05) is 32.3 Å². The van der Waals surface area contributed by atoms with Gasteiger partial charge in [-0.15, -0.1) is 0 Å². The molecule has 2 heterocycles. The average molecular weight is 420 g/mol. The van der Waals surface area contributed by atoms with Gasteiger partial charge in [0.15, 0.2) is 0 Å². The highest BCUT2D eigenvalue weighted by Gasteiger charge is 2.34. The van der Waals surface area contributed by atoms with E-state index < -0.39 is 5.92 Å². The number of rotatable bonds is 7. The molecule has 1 aromatic heterocycles. The van der Waals surface area contributed by atoms with Crippen LogP contribution in [0.5, 0.6) is 0 Å². The molecule has 1 saturated heterocycles.